The Hall–Kier alpha value is -5.37. The molecule has 3 fully saturated rings. The number of esters is 3. The van der Waals surface area contributed by atoms with E-state index in [0.717, 1.165) is 5.56 Å². The number of likely N-dealkylation sites (tertiary alicyclic amines) is 3. The molecule has 0 aliphatic carbocycles. The highest BCUT2D eigenvalue weighted by atomic mass is 16.6. The first-order valence-electron chi connectivity index (χ1n) is 22.7. The molecule has 0 radical (unpaired) electrons. The van der Waals surface area contributed by atoms with E-state index in [1.807, 2.05) is 65.0 Å². The first-order valence-corrected chi connectivity index (χ1v) is 22.7. The van der Waals surface area contributed by atoms with Crippen molar-refractivity contribution in [3.8, 4) is 0 Å². The van der Waals surface area contributed by atoms with Gasteiger partial charge in [-0.25, -0.2) is 19.2 Å². The minimum atomic E-state index is -0.660. The summed E-state index contributed by atoms with van der Waals surface area (Å²) in [5.41, 5.74) is 4.96. The van der Waals surface area contributed by atoms with Gasteiger partial charge in [-0.2, -0.15) is 0 Å². The van der Waals surface area contributed by atoms with E-state index < -0.39 is 53.0 Å². The molecule has 3 aliphatic rings. The summed E-state index contributed by atoms with van der Waals surface area (Å²) in [6.07, 6.45) is -0.407. The smallest absolute Gasteiger partial charge is 0.410 e. The van der Waals surface area contributed by atoms with Crippen molar-refractivity contribution in [3.05, 3.63) is 35.9 Å². The van der Waals surface area contributed by atoms with E-state index in [-0.39, 0.29) is 67.7 Å². The van der Waals surface area contributed by atoms with Crippen LogP contribution in [-0.2, 0) is 54.1 Å². The Kier molecular flexibility index (Phi) is 22.6. The summed E-state index contributed by atoms with van der Waals surface area (Å²) in [6.45, 7) is 22.4. The number of carbonyl (C=O) groups excluding carboxylic acids is 7. The number of ether oxygens (including phenoxy) is 7. The van der Waals surface area contributed by atoms with Crippen LogP contribution in [0.2, 0.25) is 0 Å². The number of nitrogens with two attached hydrogens (primary N) is 1. The number of carbonyl (C=O) groups is 7. The quantitative estimate of drug-likeness (QED) is 0.223. The van der Waals surface area contributed by atoms with Crippen LogP contribution in [0, 0.1) is 17.8 Å². The third-order valence-corrected chi connectivity index (χ3v) is 10.0. The molecule has 67 heavy (non-hydrogen) atoms. The lowest BCUT2D eigenvalue weighted by Gasteiger charge is -2.38. The summed E-state index contributed by atoms with van der Waals surface area (Å²) < 4.78 is 35.6. The molecule has 1 aromatic rings. The molecule has 0 unspecified atom stereocenters. The largest absolute Gasteiger partial charge is 0.469 e. The molecule has 0 spiro atoms. The predicted molar refractivity (Wildman–Crippen MR) is 247 cm³/mol. The van der Waals surface area contributed by atoms with E-state index in [1.165, 1.54) is 31.1 Å². The number of hydrogen-bond acceptors (Lipinski definition) is 16. The molecular weight excluding hydrogens is 873 g/mol. The van der Waals surface area contributed by atoms with Crippen LogP contribution in [0.25, 0.3) is 0 Å². The van der Waals surface area contributed by atoms with E-state index in [1.54, 1.807) is 46.4 Å². The maximum Gasteiger partial charge on any atom is 0.410 e. The van der Waals surface area contributed by atoms with Gasteiger partial charge in [0.05, 0.1) is 45.1 Å². The molecule has 1 aromatic carbocycles. The van der Waals surface area contributed by atoms with E-state index >= 15 is 0 Å². The molecule has 0 aromatic heterocycles. The highest BCUT2D eigenvalue weighted by Gasteiger charge is 2.39. The Labute approximate surface area is 396 Å². The molecule has 380 valence electrons. The predicted octanol–water partition coefficient (Wildman–Crippen LogP) is 5.24. The first kappa shape index (κ1) is 57.8. The molecule has 4 rings (SSSR count). The Morgan fingerprint density at radius 3 is 1.34 bits per heavy atom. The number of nitrogens with one attached hydrogen (secondary N) is 2. The van der Waals surface area contributed by atoms with Gasteiger partial charge < -0.3 is 64.2 Å². The lowest BCUT2D eigenvalue weighted by Crippen LogP contribution is -2.55. The number of piperidine rings is 3. The molecule has 20 heteroatoms. The fourth-order valence-corrected chi connectivity index (χ4v) is 7.40. The summed E-state index contributed by atoms with van der Waals surface area (Å²) in [6, 6.07) is 8.97. The summed E-state index contributed by atoms with van der Waals surface area (Å²) in [7, 11) is 4.01. The molecule has 4 amide bonds. The molecule has 4 N–H and O–H groups in total. The zero-order valence-electron chi connectivity index (χ0n) is 42.1. The van der Waals surface area contributed by atoms with Crippen molar-refractivity contribution in [1.29, 1.82) is 0 Å². The molecule has 20 nitrogen and oxygen atoms in total. The number of hydrogen-bond donors (Lipinski definition) is 3. The van der Waals surface area contributed by atoms with Gasteiger partial charge in [-0.1, -0.05) is 44.2 Å². The van der Waals surface area contributed by atoms with Crippen molar-refractivity contribution < 1.29 is 66.7 Å². The maximum absolute atomic E-state index is 12.4. The number of amides is 4. The van der Waals surface area contributed by atoms with Crippen molar-refractivity contribution in [2.24, 2.45) is 23.5 Å². The highest BCUT2D eigenvalue weighted by Crippen LogP contribution is 2.24. The summed E-state index contributed by atoms with van der Waals surface area (Å²) in [5, 5.41) is 6.11. The van der Waals surface area contributed by atoms with Gasteiger partial charge in [-0.15, -0.1) is 0 Å². The normalized spacial score (nSPS) is 22.0. The van der Waals surface area contributed by atoms with Crippen molar-refractivity contribution >= 4 is 42.3 Å². The van der Waals surface area contributed by atoms with Crippen LogP contribution in [0.4, 0.5) is 19.2 Å². The van der Waals surface area contributed by atoms with Crippen LogP contribution in [0.3, 0.4) is 0 Å². The van der Waals surface area contributed by atoms with E-state index in [9.17, 15) is 33.6 Å². The van der Waals surface area contributed by atoms with Crippen LogP contribution in [-0.4, -0.2) is 159 Å². The molecule has 3 aliphatic heterocycles. The Bertz CT molecular complexity index is 1780. The Morgan fingerprint density at radius 1 is 0.582 bits per heavy atom. The van der Waals surface area contributed by atoms with Crippen molar-refractivity contribution in [2.45, 2.75) is 143 Å². The van der Waals surface area contributed by atoms with Crippen LogP contribution in [0.15, 0.2) is 30.3 Å². The maximum atomic E-state index is 12.4. The van der Waals surface area contributed by atoms with Crippen molar-refractivity contribution in [2.75, 3.05) is 60.6 Å². The van der Waals surface area contributed by atoms with Gasteiger partial charge in [0.15, 0.2) is 0 Å². The Morgan fingerprint density at radius 2 is 0.955 bits per heavy atom. The van der Waals surface area contributed by atoms with Gasteiger partial charge in [-0.3, -0.25) is 14.4 Å². The monoisotopic (exact) mass is 951 g/mol. The SMILES string of the molecule is COC(=O)[C@@H]1C[C@@H](N)CN(C(=O)OC(C)(C)C)C1.COC(=O)[C@@H]1C[C@@H](NC(=O)OCc2ccccc2)CN(C(=O)OC(C)(C)C)C1.COC(=O)[C@@H]1C[C@@H](NC(C)C)CN(C(=O)OC(C)(C)C)C1. The molecule has 3 heterocycles. The number of benzene rings is 1. The minimum absolute atomic E-state index is 0.0652. The standard InChI is InChI=1S/C20H28N2O6.C15H28N2O4.C12H22N2O4/c1-20(2,3)28-19(25)22-11-15(17(23)26-4)10-16(12-22)21-18(24)27-13-14-8-6-5-7-9-14;1-10(2)16-12-7-11(13(18)20-6)8-17(9-12)14(19)21-15(3,4)5;1-12(2,3)18-11(16)14-6-8(10(15)17-4)5-9(13)7-14/h5-9,15-16H,10-13H2,1-4H3,(H,21,24);10-12,16H,7-9H2,1-6H3;8-9H,5-7,13H2,1-4H3/t15-,16-;11-,12-;8-,9-/m111/s1. The third-order valence-electron chi connectivity index (χ3n) is 10.0. The fraction of sp³-hybridized carbons (Fsp3) is 0.723. The molecule has 0 bridgehead atoms. The van der Waals surface area contributed by atoms with Crippen LogP contribution < -0.4 is 16.4 Å². The van der Waals surface area contributed by atoms with Gasteiger partial charge in [0, 0.05) is 57.4 Å². The first-order chi connectivity index (χ1) is 31.0. The number of nitrogens with zero attached hydrogens (tertiary/aromatic N) is 3. The fourth-order valence-electron chi connectivity index (χ4n) is 7.40. The highest BCUT2D eigenvalue weighted by molar-refractivity contribution is 5.77. The molecular formula is C47H78N6O14. The zero-order chi connectivity index (χ0) is 50.9. The lowest BCUT2D eigenvalue weighted by molar-refractivity contribution is -0.148. The second-order valence-electron chi connectivity index (χ2n) is 20.2. The topological polar surface area (TPSA) is 244 Å². The molecule has 0 saturated carbocycles. The van der Waals surface area contributed by atoms with Gasteiger partial charge in [0.25, 0.3) is 0 Å². The van der Waals surface area contributed by atoms with Crippen LogP contribution in [0.1, 0.15) is 101 Å². The van der Waals surface area contributed by atoms with Crippen molar-refractivity contribution in [3.63, 3.8) is 0 Å². The lowest BCUT2D eigenvalue weighted by atomic mass is 9.94. The van der Waals surface area contributed by atoms with E-state index in [4.69, 9.17) is 38.9 Å². The van der Waals surface area contributed by atoms with Crippen molar-refractivity contribution in [1.82, 2.24) is 25.3 Å². The average molecular weight is 951 g/mol. The second kappa shape index (κ2) is 26.2. The van der Waals surface area contributed by atoms with Gasteiger partial charge in [-0.05, 0) is 87.1 Å². The van der Waals surface area contributed by atoms with E-state index in [2.05, 4.69) is 10.6 Å². The van der Waals surface area contributed by atoms with Crippen LogP contribution >= 0.6 is 0 Å². The number of alkyl carbamates (subject to hydrolysis) is 1. The Balaban J connectivity index is 0.000000355. The van der Waals surface area contributed by atoms with Gasteiger partial charge in [0.1, 0.15) is 23.4 Å². The summed E-state index contributed by atoms with van der Waals surface area (Å²) >= 11 is 0. The zero-order valence-corrected chi connectivity index (χ0v) is 42.1. The third kappa shape index (κ3) is 22.3. The van der Waals surface area contributed by atoms with Gasteiger partial charge >= 0.3 is 42.3 Å². The van der Waals surface area contributed by atoms with Gasteiger partial charge in [0.2, 0.25) is 0 Å². The van der Waals surface area contributed by atoms with E-state index in [0.29, 0.717) is 45.4 Å². The molecule has 6 atom stereocenters. The summed E-state index contributed by atoms with van der Waals surface area (Å²) in [4.78, 5) is 88.5. The number of rotatable bonds is 8. The minimum Gasteiger partial charge on any atom is -0.469 e. The number of methoxy groups -OCH3 is 3. The van der Waals surface area contributed by atoms with Crippen LogP contribution in [0.5, 0.6) is 0 Å². The summed E-state index contributed by atoms with van der Waals surface area (Å²) in [5.74, 6) is -2.28. The molecule has 3 saturated heterocycles. The average Bonchev–Trinajstić information content (AvgIpc) is 3.23. The second-order valence-corrected chi connectivity index (χ2v) is 20.2.